The van der Waals surface area contributed by atoms with Gasteiger partial charge in [-0.05, 0) is 24.6 Å². The van der Waals surface area contributed by atoms with Crippen molar-refractivity contribution in [3.05, 3.63) is 34.4 Å². The third-order valence-corrected chi connectivity index (χ3v) is 2.13. The van der Waals surface area contributed by atoms with Gasteiger partial charge in [0.2, 0.25) is 5.91 Å². The summed E-state index contributed by atoms with van der Waals surface area (Å²) in [7, 11) is 0. The van der Waals surface area contributed by atoms with E-state index in [1.807, 2.05) is 0 Å². The summed E-state index contributed by atoms with van der Waals surface area (Å²) in [6.45, 7) is 1.11. The number of hydrogen-bond donors (Lipinski definition) is 1. The molecule has 0 aliphatic heterocycles. The van der Waals surface area contributed by atoms with Gasteiger partial charge in [0.05, 0.1) is 17.2 Å². The standard InChI is InChI=1S/C10H7F3N2O/c1-5-7(9(15)16)3-2-6(4-14)8(5)10(11,12)13/h2-3H,1H3,(H2,15,16). The Hall–Kier alpha value is -2.03. The van der Waals surface area contributed by atoms with Crippen molar-refractivity contribution in [2.45, 2.75) is 13.1 Å². The summed E-state index contributed by atoms with van der Waals surface area (Å²) in [5.74, 6) is -0.951. The summed E-state index contributed by atoms with van der Waals surface area (Å²) in [6.07, 6.45) is -4.68. The maximum Gasteiger partial charge on any atom is 0.417 e. The van der Waals surface area contributed by atoms with Crippen molar-refractivity contribution < 1.29 is 18.0 Å². The number of nitrogens with two attached hydrogens (primary N) is 1. The van der Waals surface area contributed by atoms with Gasteiger partial charge in [-0.3, -0.25) is 4.79 Å². The molecule has 1 rings (SSSR count). The number of carbonyl (C=O) groups excluding carboxylic acids is 1. The SMILES string of the molecule is Cc1c(C(N)=O)ccc(C#N)c1C(F)(F)F. The molecule has 0 spiro atoms. The maximum atomic E-state index is 12.6. The molecule has 1 aromatic carbocycles. The highest BCUT2D eigenvalue weighted by atomic mass is 19.4. The predicted octanol–water partition coefficient (Wildman–Crippen LogP) is 1.98. The third kappa shape index (κ3) is 1.98. The molecule has 0 atom stereocenters. The zero-order valence-corrected chi connectivity index (χ0v) is 8.22. The predicted molar refractivity (Wildman–Crippen MR) is 49.4 cm³/mol. The van der Waals surface area contributed by atoms with E-state index < -0.39 is 23.2 Å². The van der Waals surface area contributed by atoms with Crippen LogP contribution in [0.2, 0.25) is 0 Å². The van der Waals surface area contributed by atoms with Crippen LogP contribution in [-0.4, -0.2) is 5.91 Å². The van der Waals surface area contributed by atoms with E-state index in [0.717, 1.165) is 19.1 Å². The van der Waals surface area contributed by atoms with Crippen LogP contribution in [-0.2, 0) is 6.18 Å². The lowest BCUT2D eigenvalue weighted by atomic mass is 9.96. The normalized spacial score (nSPS) is 10.9. The van der Waals surface area contributed by atoms with E-state index in [9.17, 15) is 18.0 Å². The van der Waals surface area contributed by atoms with E-state index in [1.54, 1.807) is 0 Å². The number of nitriles is 1. The molecule has 6 heteroatoms. The van der Waals surface area contributed by atoms with Crippen LogP contribution in [0.25, 0.3) is 0 Å². The topological polar surface area (TPSA) is 66.9 Å². The lowest BCUT2D eigenvalue weighted by molar-refractivity contribution is -0.138. The Kier molecular flexibility index (Phi) is 2.90. The highest BCUT2D eigenvalue weighted by Crippen LogP contribution is 2.35. The average molecular weight is 228 g/mol. The molecule has 0 aliphatic carbocycles. The third-order valence-electron chi connectivity index (χ3n) is 2.13. The molecule has 16 heavy (non-hydrogen) atoms. The Morgan fingerprint density at radius 1 is 1.44 bits per heavy atom. The first kappa shape index (κ1) is 12.0. The van der Waals surface area contributed by atoms with Crippen LogP contribution in [0.15, 0.2) is 12.1 Å². The van der Waals surface area contributed by atoms with Crippen molar-refractivity contribution >= 4 is 5.91 Å². The van der Waals surface area contributed by atoms with Gasteiger partial charge in [-0.2, -0.15) is 18.4 Å². The first-order chi connectivity index (χ1) is 7.29. The number of benzene rings is 1. The first-order valence-corrected chi connectivity index (χ1v) is 4.19. The molecule has 0 saturated carbocycles. The van der Waals surface area contributed by atoms with Gasteiger partial charge in [-0.25, -0.2) is 0 Å². The molecule has 0 aliphatic rings. The smallest absolute Gasteiger partial charge is 0.366 e. The number of alkyl halides is 3. The van der Waals surface area contributed by atoms with E-state index in [-0.39, 0.29) is 11.1 Å². The van der Waals surface area contributed by atoms with Crippen molar-refractivity contribution in [3.63, 3.8) is 0 Å². The van der Waals surface area contributed by atoms with Crippen LogP contribution in [0.5, 0.6) is 0 Å². The van der Waals surface area contributed by atoms with Gasteiger partial charge in [-0.15, -0.1) is 0 Å². The molecule has 1 aromatic rings. The molecule has 84 valence electrons. The van der Waals surface area contributed by atoms with Gasteiger partial charge >= 0.3 is 6.18 Å². The van der Waals surface area contributed by atoms with E-state index in [2.05, 4.69) is 0 Å². The molecule has 0 unspecified atom stereocenters. The number of nitrogens with zero attached hydrogens (tertiary/aromatic N) is 1. The summed E-state index contributed by atoms with van der Waals surface area (Å²) in [4.78, 5) is 10.9. The summed E-state index contributed by atoms with van der Waals surface area (Å²) in [5, 5.41) is 8.57. The minimum Gasteiger partial charge on any atom is -0.366 e. The molecule has 2 N–H and O–H groups in total. The van der Waals surface area contributed by atoms with Gasteiger partial charge < -0.3 is 5.73 Å². The van der Waals surface area contributed by atoms with Crippen molar-refractivity contribution in [1.29, 1.82) is 5.26 Å². The second kappa shape index (κ2) is 3.85. The quantitative estimate of drug-likeness (QED) is 0.798. The summed E-state index contributed by atoms with van der Waals surface area (Å²) < 4.78 is 37.9. The van der Waals surface area contributed by atoms with Gasteiger partial charge in [-0.1, -0.05) is 0 Å². The molecule has 0 heterocycles. The number of rotatable bonds is 1. The monoisotopic (exact) mass is 228 g/mol. The summed E-state index contributed by atoms with van der Waals surface area (Å²) >= 11 is 0. The van der Waals surface area contributed by atoms with Gasteiger partial charge in [0.15, 0.2) is 0 Å². The Morgan fingerprint density at radius 2 is 2.00 bits per heavy atom. The molecular weight excluding hydrogens is 221 g/mol. The second-order valence-electron chi connectivity index (χ2n) is 3.13. The molecule has 0 saturated heterocycles. The minimum absolute atomic E-state index is 0.230. The zero-order chi connectivity index (χ0) is 12.5. The Labute approximate surface area is 89.3 Å². The van der Waals surface area contributed by atoms with Gasteiger partial charge in [0.1, 0.15) is 0 Å². The molecule has 0 radical (unpaired) electrons. The Balaban J connectivity index is 3.62. The molecule has 0 aromatic heterocycles. The lowest BCUT2D eigenvalue weighted by Gasteiger charge is -2.13. The molecule has 1 amide bonds. The molecule has 0 bridgehead atoms. The lowest BCUT2D eigenvalue weighted by Crippen LogP contribution is -2.18. The zero-order valence-electron chi connectivity index (χ0n) is 8.22. The fourth-order valence-corrected chi connectivity index (χ4v) is 1.44. The van der Waals surface area contributed by atoms with Crippen LogP contribution >= 0.6 is 0 Å². The number of primary amides is 1. The number of halogens is 3. The van der Waals surface area contributed by atoms with E-state index in [0.29, 0.717) is 0 Å². The van der Waals surface area contributed by atoms with Crippen LogP contribution < -0.4 is 5.73 Å². The van der Waals surface area contributed by atoms with E-state index >= 15 is 0 Å². The van der Waals surface area contributed by atoms with Crippen LogP contribution in [0, 0.1) is 18.3 Å². The fourth-order valence-electron chi connectivity index (χ4n) is 1.44. The van der Waals surface area contributed by atoms with E-state index in [1.165, 1.54) is 6.07 Å². The van der Waals surface area contributed by atoms with E-state index in [4.69, 9.17) is 11.0 Å². The summed E-state index contributed by atoms with van der Waals surface area (Å²) in [5.41, 5.74) is 2.75. The average Bonchev–Trinajstić information content (AvgIpc) is 2.14. The van der Waals surface area contributed by atoms with Gasteiger partial charge in [0.25, 0.3) is 0 Å². The maximum absolute atomic E-state index is 12.6. The largest absolute Gasteiger partial charge is 0.417 e. The number of carbonyl (C=O) groups is 1. The number of amides is 1. The Bertz CT molecular complexity index is 486. The fraction of sp³-hybridized carbons (Fsp3) is 0.200. The van der Waals surface area contributed by atoms with Crippen molar-refractivity contribution in [2.24, 2.45) is 5.73 Å². The highest BCUT2D eigenvalue weighted by Gasteiger charge is 2.36. The second-order valence-corrected chi connectivity index (χ2v) is 3.13. The molecular formula is C10H7F3N2O. The van der Waals surface area contributed by atoms with Crippen molar-refractivity contribution in [2.75, 3.05) is 0 Å². The highest BCUT2D eigenvalue weighted by molar-refractivity contribution is 5.94. The number of hydrogen-bond acceptors (Lipinski definition) is 2. The van der Waals surface area contributed by atoms with Crippen LogP contribution in [0.1, 0.15) is 27.0 Å². The van der Waals surface area contributed by atoms with Crippen LogP contribution in [0.3, 0.4) is 0 Å². The Morgan fingerprint density at radius 3 is 2.38 bits per heavy atom. The van der Waals surface area contributed by atoms with Gasteiger partial charge in [0, 0.05) is 5.56 Å². The molecule has 3 nitrogen and oxygen atoms in total. The van der Waals surface area contributed by atoms with Crippen LogP contribution in [0.4, 0.5) is 13.2 Å². The minimum atomic E-state index is -4.68. The summed E-state index contributed by atoms with van der Waals surface area (Å²) in [6, 6.07) is 3.49. The van der Waals surface area contributed by atoms with Crippen molar-refractivity contribution in [1.82, 2.24) is 0 Å². The molecule has 0 fully saturated rings. The van der Waals surface area contributed by atoms with Crippen molar-refractivity contribution in [3.8, 4) is 6.07 Å². The first-order valence-electron chi connectivity index (χ1n) is 4.19.